The van der Waals surface area contributed by atoms with Gasteiger partial charge in [0.2, 0.25) is 6.79 Å². The number of nitrogens with zero attached hydrogens (tertiary/aromatic N) is 2. The van der Waals surface area contributed by atoms with Gasteiger partial charge in [-0.15, -0.1) is 0 Å². The molecule has 0 aromatic rings. The van der Waals surface area contributed by atoms with Crippen LogP contribution in [0.3, 0.4) is 0 Å². The Bertz CT molecular complexity index is 1320. The maximum absolute atomic E-state index is 14.3. The van der Waals surface area contributed by atoms with Crippen LogP contribution in [0.4, 0.5) is 0 Å². The molecule has 3 aliphatic rings. The van der Waals surface area contributed by atoms with Gasteiger partial charge in [-0.05, 0) is 81.8 Å². The minimum atomic E-state index is -1.97. The first-order chi connectivity index (χ1) is 27.5. The molecule has 0 saturated carbocycles. The molecule has 0 bridgehead atoms. The fourth-order valence-electron chi connectivity index (χ4n) is 9.05. The molecule has 0 aliphatic carbocycles. The summed E-state index contributed by atoms with van der Waals surface area (Å²) in [6.45, 7) is 19.8. The summed E-state index contributed by atoms with van der Waals surface area (Å²) in [5.41, 5.74) is -4.49. The lowest BCUT2D eigenvalue weighted by atomic mass is 9.73. The topological polar surface area (TPSA) is 217 Å². The van der Waals surface area contributed by atoms with Crippen molar-refractivity contribution in [3.63, 3.8) is 0 Å². The molecule has 0 amide bonds. The first-order valence-corrected chi connectivity index (χ1v) is 21.3. The molecule has 0 aromatic carbocycles. The lowest BCUT2D eigenvalue weighted by Gasteiger charge is -2.49. The Hall–Kier alpha value is -1.58. The summed E-state index contributed by atoms with van der Waals surface area (Å²) >= 11 is 0. The lowest BCUT2D eigenvalue weighted by molar-refractivity contribution is -0.317. The van der Waals surface area contributed by atoms with E-state index in [2.05, 4.69) is 5.16 Å². The maximum Gasteiger partial charge on any atom is 0.311 e. The highest BCUT2D eigenvalue weighted by atomic mass is 16.7. The van der Waals surface area contributed by atoms with Crippen molar-refractivity contribution >= 4 is 11.7 Å². The molecule has 17 heteroatoms. The second kappa shape index (κ2) is 22.2. The van der Waals surface area contributed by atoms with Gasteiger partial charge in [-0.3, -0.25) is 4.79 Å². The third-order valence-corrected chi connectivity index (χ3v) is 12.7. The van der Waals surface area contributed by atoms with Crippen molar-refractivity contribution in [2.45, 2.75) is 186 Å². The molecule has 5 N–H and O–H groups in total. The summed E-state index contributed by atoms with van der Waals surface area (Å²) < 4.78 is 48.5. The first kappa shape index (κ1) is 51.8. The molecule has 18 atom stereocenters. The van der Waals surface area contributed by atoms with E-state index in [1.165, 1.54) is 14.0 Å². The van der Waals surface area contributed by atoms with Crippen molar-refractivity contribution < 1.29 is 73.1 Å². The Balaban J connectivity index is 2.20. The van der Waals surface area contributed by atoms with Crippen LogP contribution in [0.15, 0.2) is 5.16 Å². The summed E-state index contributed by atoms with van der Waals surface area (Å²) in [7, 11) is 5.22. The van der Waals surface area contributed by atoms with Crippen LogP contribution in [-0.4, -0.2) is 174 Å². The quantitative estimate of drug-likeness (QED) is 0.0735. The number of rotatable bonds is 14. The summed E-state index contributed by atoms with van der Waals surface area (Å²) in [6, 6.07) is -0.328. The monoisotopic (exact) mass is 851 g/mol. The van der Waals surface area contributed by atoms with Gasteiger partial charge in [0, 0.05) is 43.9 Å². The number of methoxy groups -OCH3 is 1. The van der Waals surface area contributed by atoms with Crippen LogP contribution in [0.25, 0.3) is 0 Å². The highest BCUT2D eigenvalue weighted by Crippen LogP contribution is 2.41. The number of cyclic esters (lactones) is 1. The number of hydrogen-bond donors (Lipinski definition) is 5. The van der Waals surface area contributed by atoms with E-state index in [1.807, 2.05) is 39.8 Å². The Labute approximate surface area is 351 Å². The number of oxime groups is 1. The Morgan fingerprint density at radius 3 is 2.12 bits per heavy atom. The van der Waals surface area contributed by atoms with E-state index in [-0.39, 0.29) is 44.8 Å². The van der Waals surface area contributed by atoms with E-state index in [1.54, 1.807) is 48.5 Å². The van der Waals surface area contributed by atoms with Crippen molar-refractivity contribution in [1.82, 2.24) is 4.90 Å². The number of likely N-dealkylation sites (N-methyl/N-ethyl adjacent to an activating group) is 1. The van der Waals surface area contributed by atoms with Crippen LogP contribution in [-0.2, 0) is 47.5 Å². The SMILES string of the molecule is CCOCCOCO/N=C1\[C@H](C)C[C@@](C)(O)C(O[C@@H]2O[C@H](C)C[C@H](N(C)C)[C@H]2O)[C@@H](C)[C@H](O[C@H]2C[C@@](C)(OC)[C@@H](O)[C@H](C)O2)[C@@H](C)C(=O)O[C@H](CC)[C@@](C)(O)[C@H](O)[C@H]1C. The van der Waals surface area contributed by atoms with E-state index in [4.69, 9.17) is 42.7 Å². The highest BCUT2D eigenvalue weighted by molar-refractivity contribution is 5.88. The number of ether oxygens (including phenoxy) is 8. The van der Waals surface area contributed by atoms with E-state index < -0.39 is 102 Å². The van der Waals surface area contributed by atoms with Crippen LogP contribution in [0.2, 0.25) is 0 Å². The number of esters is 1. The molecule has 1 unspecified atom stereocenters. The molecule has 0 aromatic heterocycles. The fraction of sp³-hybridized carbons (Fsp3) is 0.952. The third-order valence-electron chi connectivity index (χ3n) is 12.7. The minimum Gasteiger partial charge on any atom is -0.459 e. The van der Waals surface area contributed by atoms with Gasteiger partial charge in [-0.25, -0.2) is 0 Å². The van der Waals surface area contributed by atoms with Crippen LogP contribution >= 0.6 is 0 Å². The Kier molecular flexibility index (Phi) is 19.4. The second-order valence-electron chi connectivity index (χ2n) is 17.9. The largest absolute Gasteiger partial charge is 0.459 e. The molecule has 17 nitrogen and oxygen atoms in total. The summed E-state index contributed by atoms with van der Waals surface area (Å²) in [4.78, 5) is 21.8. The van der Waals surface area contributed by atoms with Crippen molar-refractivity contribution in [2.24, 2.45) is 28.8 Å². The van der Waals surface area contributed by atoms with Gasteiger partial charge in [0.1, 0.15) is 23.9 Å². The van der Waals surface area contributed by atoms with Gasteiger partial charge in [0.15, 0.2) is 12.6 Å². The molecule has 59 heavy (non-hydrogen) atoms. The zero-order valence-electron chi connectivity index (χ0n) is 38.0. The Morgan fingerprint density at radius 1 is 0.881 bits per heavy atom. The second-order valence-corrected chi connectivity index (χ2v) is 17.9. The summed E-state index contributed by atoms with van der Waals surface area (Å²) in [5, 5.41) is 63.7. The van der Waals surface area contributed by atoms with Gasteiger partial charge in [-0.1, -0.05) is 32.9 Å². The number of carbonyl (C=O) groups is 1. The van der Waals surface area contributed by atoms with Crippen molar-refractivity contribution in [2.75, 3.05) is 47.8 Å². The molecule has 3 rings (SSSR count). The molecule has 0 radical (unpaired) electrons. The molecule has 3 fully saturated rings. The van der Waals surface area contributed by atoms with E-state index in [0.29, 0.717) is 25.3 Å². The van der Waals surface area contributed by atoms with Crippen LogP contribution in [0.1, 0.15) is 102 Å². The average Bonchev–Trinajstić information content (AvgIpc) is 3.17. The molecule has 0 spiro atoms. The molecular formula is C42H78N2O15. The van der Waals surface area contributed by atoms with Crippen LogP contribution < -0.4 is 0 Å². The lowest BCUT2D eigenvalue weighted by Crippen LogP contribution is -2.61. The molecule has 3 saturated heterocycles. The standard InChI is InChI=1S/C42H78N2O15/c1-15-30-42(11,50)35(46)25(5)32(43-54-22-53-18-17-52-16-2)23(3)20-40(9,49)37(59-39-33(45)29(44(12)13)19-24(4)55-39)26(6)34(27(7)38(48)57-30)58-31-21-41(10,51-14)36(47)28(8)56-31/h23-31,33-37,39,45-47,49-50H,15-22H2,1-14H3/b43-32+/t23-,24-,25+,26+,27-,28+,29+,30-,31+,33-,34+,35-,36+,37?,39+,40-,41-,42-/m1/s1. The van der Waals surface area contributed by atoms with Gasteiger partial charge in [0.25, 0.3) is 0 Å². The average molecular weight is 851 g/mol. The van der Waals surface area contributed by atoms with E-state index in [0.717, 1.165) is 0 Å². The normalized spacial score (nSPS) is 45.3. The molecule has 3 aliphatic heterocycles. The van der Waals surface area contributed by atoms with E-state index in [9.17, 15) is 30.3 Å². The third kappa shape index (κ3) is 12.8. The number of aliphatic hydroxyl groups is 5. The highest BCUT2D eigenvalue weighted by Gasteiger charge is 2.53. The van der Waals surface area contributed by atoms with E-state index >= 15 is 0 Å². The van der Waals surface area contributed by atoms with Gasteiger partial charge < -0.3 is 73.2 Å². The smallest absolute Gasteiger partial charge is 0.311 e. The van der Waals surface area contributed by atoms with Crippen LogP contribution in [0, 0.1) is 23.7 Å². The number of aliphatic hydroxyl groups excluding tert-OH is 3. The molecule has 3 heterocycles. The molecule has 346 valence electrons. The number of hydrogen-bond acceptors (Lipinski definition) is 17. The van der Waals surface area contributed by atoms with Gasteiger partial charge in [0.05, 0.1) is 66.6 Å². The predicted octanol–water partition coefficient (Wildman–Crippen LogP) is 2.60. The Morgan fingerprint density at radius 2 is 1.53 bits per heavy atom. The minimum absolute atomic E-state index is 0.0300. The predicted molar refractivity (Wildman–Crippen MR) is 217 cm³/mol. The zero-order chi connectivity index (χ0) is 44.6. The van der Waals surface area contributed by atoms with Crippen LogP contribution in [0.5, 0.6) is 0 Å². The van der Waals surface area contributed by atoms with Gasteiger partial charge in [-0.2, -0.15) is 0 Å². The van der Waals surface area contributed by atoms with Gasteiger partial charge >= 0.3 is 5.97 Å². The van der Waals surface area contributed by atoms with Crippen molar-refractivity contribution in [3.8, 4) is 0 Å². The summed E-state index contributed by atoms with van der Waals surface area (Å²) in [6.07, 6.45) is -9.50. The zero-order valence-corrected chi connectivity index (χ0v) is 38.0. The summed E-state index contributed by atoms with van der Waals surface area (Å²) in [5.74, 6) is -4.14. The number of carbonyl (C=O) groups excluding carboxylic acids is 1. The van der Waals surface area contributed by atoms with Crippen molar-refractivity contribution in [3.05, 3.63) is 0 Å². The maximum atomic E-state index is 14.3. The van der Waals surface area contributed by atoms with Crippen molar-refractivity contribution in [1.29, 1.82) is 0 Å². The molecular weight excluding hydrogens is 772 g/mol. The fourth-order valence-corrected chi connectivity index (χ4v) is 9.05. The first-order valence-electron chi connectivity index (χ1n) is 21.3.